The van der Waals surface area contributed by atoms with Crippen molar-refractivity contribution in [2.24, 2.45) is 10.9 Å². The standard InChI is InChI=1S/C37H37N5O3/c1-3-36(45)21-37(22-36,41-32(43)19-26-11-7-8-12-29(26)35(41)44)28-15-13-25(14-16-28)33-30(24-9-5-4-6-10-24)18-27-20-38-31-17-23(2)40-42(31)34(27)39-33/h4-9,11-15,17-20,23-24,28,40,44-45H,3,10,16,21-22H2,1-2H3. The van der Waals surface area contributed by atoms with E-state index in [0.29, 0.717) is 36.5 Å². The van der Waals surface area contributed by atoms with Gasteiger partial charge in [0.05, 0.1) is 16.8 Å². The molecule has 0 spiro atoms. The molecule has 3 aromatic rings. The molecule has 3 N–H and O–H groups in total. The third-order valence-corrected chi connectivity index (χ3v) is 10.3. The molecule has 8 nitrogen and oxygen atoms in total. The van der Waals surface area contributed by atoms with Crippen LogP contribution in [0.2, 0.25) is 0 Å². The van der Waals surface area contributed by atoms with E-state index in [0.717, 1.165) is 40.5 Å². The Labute approximate surface area is 262 Å². The first-order valence-corrected chi connectivity index (χ1v) is 15.9. The van der Waals surface area contributed by atoms with Gasteiger partial charge in [-0.05, 0) is 60.9 Å². The third kappa shape index (κ3) is 4.38. The maximum absolute atomic E-state index is 13.6. The number of pyridine rings is 2. The normalized spacial score (nSPS) is 29.8. The van der Waals surface area contributed by atoms with E-state index >= 15 is 0 Å². The maximum atomic E-state index is 13.6. The lowest BCUT2D eigenvalue weighted by Gasteiger charge is -2.57. The first-order valence-electron chi connectivity index (χ1n) is 15.9. The Morgan fingerprint density at radius 3 is 2.71 bits per heavy atom. The monoisotopic (exact) mass is 599 g/mol. The van der Waals surface area contributed by atoms with Crippen molar-refractivity contribution in [2.45, 2.75) is 69.1 Å². The van der Waals surface area contributed by atoms with Gasteiger partial charge in [0, 0.05) is 53.9 Å². The van der Waals surface area contributed by atoms with Crippen LogP contribution in [0, 0.1) is 5.92 Å². The van der Waals surface area contributed by atoms with Gasteiger partial charge < -0.3 is 10.2 Å². The van der Waals surface area contributed by atoms with Crippen LogP contribution in [0.25, 0.3) is 16.3 Å². The summed E-state index contributed by atoms with van der Waals surface area (Å²) in [6, 6.07) is 11.4. The number of aliphatic imine (C=N–C) groups is 1. The average molecular weight is 600 g/mol. The first kappa shape index (κ1) is 28.0. The SMILES string of the molecule is CCC1(O)CC(C2C=CC(c3nc4c(cc3C3C=CC=CC3)C=NC3=CC(C)NN34)=CC2)(n2c(O)c3ccccc3cc2=O)C1. The molecule has 0 saturated heterocycles. The second-order valence-corrected chi connectivity index (χ2v) is 13.2. The highest BCUT2D eigenvalue weighted by atomic mass is 16.3. The number of allylic oxidation sites excluding steroid dienone is 8. The Morgan fingerprint density at radius 1 is 1.11 bits per heavy atom. The minimum atomic E-state index is -0.879. The number of nitrogens with one attached hydrogen (secondary N) is 1. The van der Waals surface area contributed by atoms with E-state index in [1.807, 2.05) is 42.4 Å². The largest absolute Gasteiger partial charge is 0.494 e. The van der Waals surface area contributed by atoms with Crippen molar-refractivity contribution in [3.05, 3.63) is 118 Å². The quantitative estimate of drug-likeness (QED) is 0.334. The van der Waals surface area contributed by atoms with Crippen LogP contribution < -0.4 is 16.0 Å². The molecular formula is C37H37N5O3. The predicted molar refractivity (Wildman–Crippen MR) is 178 cm³/mol. The van der Waals surface area contributed by atoms with Gasteiger partial charge in [0.2, 0.25) is 5.88 Å². The van der Waals surface area contributed by atoms with Crippen LogP contribution in [0.15, 0.2) is 101 Å². The molecule has 1 aromatic carbocycles. The van der Waals surface area contributed by atoms with Crippen LogP contribution >= 0.6 is 0 Å². The number of rotatable bonds is 5. The zero-order valence-electron chi connectivity index (χ0n) is 25.5. The van der Waals surface area contributed by atoms with Gasteiger partial charge in [-0.25, -0.2) is 20.4 Å². The van der Waals surface area contributed by atoms with Crippen LogP contribution in [0.3, 0.4) is 0 Å². The van der Waals surface area contributed by atoms with E-state index in [4.69, 9.17) is 4.98 Å². The minimum Gasteiger partial charge on any atom is -0.494 e. The zero-order chi connectivity index (χ0) is 30.9. The highest BCUT2D eigenvalue weighted by Crippen LogP contribution is 2.56. The van der Waals surface area contributed by atoms with Gasteiger partial charge in [0.25, 0.3) is 5.56 Å². The van der Waals surface area contributed by atoms with E-state index in [2.05, 4.69) is 72.0 Å². The van der Waals surface area contributed by atoms with Gasteiger partial charge in [-0.3, -0.25) is 9.36 Å². The Bertz CT molecular complexity index is 1970. The number of aromatic hydroxyl groups is 1. The number of hydrogen-bond acceptors (Lipinski definition) is 7. The molecule has 4 heterocycles. The van der Waals surface area contributed by atoms with Gasteiger partial charge >= 0.3 is 0 Å². The molecule has 8 heteroatoms. The molecule has 45 heavy (non-hydrogen) atoms. The average Bonchev–Trinajstić information content (AvgIpc) is 3.44. The molecule has 8 rings (SSSR count). The molecule has 3 unspecified atom stereocenters. The molecule has 0 radical (unpaired) electrons. The number of fused-ring (bicyclic) bond motifs is 4. The van der Waals surface area contributed by atoms with E-state index in [9.17, 15) is 15.0 Å². The summed E-state index contributed by atoms with van der Waals surface area (Å²) in [7, 11) is 0. The number of anilines is 1. The highest BCUT2D eigenvalue weighted by molar-refractivity contribution is 5.92. The second-order valence-electron chi connectivity index (χ2n) is 13.2. The fourth-order valence-corrected chi connectivity index (χ4v) is 7.94. The number of aliphatic hydroxyl groups is 1. The molecule has 1 saturated carbocycles. The molecular weight excluding hydrogens is 562 g/mol. The van der Waals surface area contributed by atoms with Gasteiger partial charge in [0.1, 0.15) is 5.82 Å². The van der Waals surface area contributed by atoms with Crippen molar-refractivity contribution in [3.63, 3.8) is 0 Å². The fourth-order valence-electron chi connectivity index (χ4n) is 7.94. The molecule has 1 fully saturated rings. The maximum Gasteiger partial charge on any atom is 0.254 e. The third-order valence-electron chi connectivity index (χ3n) is 10.3. The number of nitrogens with zero attached hydrogens (tertiary/aromatic N) is 4. The van der Waals surface area contributed by atoms with Crippen LogP contribution in [0.5, 0.6) is 5.88 Å². The summed E-state index contributed by atoms with van der Waals surface area (Å²) in [6.07, 6.45) is 22.0. The van der Waals surface area contributed by atoms with Crippen LogP contribution in [-0.2, 0) is 5.54 Å². The summed E-state index contributed by atoms with van der Waals surface area (Å²) in [6.45, 7) is 4.07. The first-order chi connectivity index (χ1) is 21.8. The lowest BCUT2D eigenvalue weighted by molar-refractivity contribution is -0.140. The molecule has 0 amide bonds. The number of aromatic nitrogens is 2. The van der Waals surface area contributed by atoms with Crippen molar-refractivity contribution in [2.75, 3.05) is 5.01 Å². The van der Waals surface area contributed by atoms with Crippen molar-refractivity contribution in [1.82, 2.24) is 15.0 Å². The number of benzene rings is 1. The molecule has 2 aromatic heterocycles. The summed E-state index contributed by atoms with van der Waals surface area (Å²) in [4.78, 5) is 23.6. The number of hydrazine groups is 1. The van der Waals surface area contributed by atoms with E-state index in [-0.39, 0.29) is 29.3 Å². The predicted octanol–water partition coefficient (Wildman–Crippen LogP) is 5.98. The van der Waals surface area contributed by atoms with Crippen molar-refractivity contribution in [3.8, 4) is 5.88 Å². The highest BCUT2D eigenvalue weighted by Gasteiger charge is 2.58. The van der Waals surface area contributed by atoms with Gasteiger partial charge in [-0.1, -0.05) is 67.7 Å². The Morgan fingerprint density at radius 2 is 1.96 bits per heavy atom. The van der Waals surface area contributed by atoms with Crippen molar-refractivity contribution < 1.29 is 10.2 Å². The Hall–Kier alpha value is -4.53. The van der Waals surface area contributed by atoms with Crippen LogP contribution in [-0.4, -0.2) is 37.6 Å². The van der Waals surface area contributed by atoms with Gasteiger partial charge in [-0.2, -0.15) is 0 Å². The summed E-state index contributed by atoms with van der Waals surface area (Å²) < 4.78 is 1.56. The number of hydrogen-bond donors (Lipinski definition) is 3. The molecule has 3 aliphatic carbocycles. The lowest BCUT2D eigenvalue weighted by atomic mass is 9.56. The van der Waals surface area contributed by atoms with E-state index < -0.39 is 11.1 Å². The summed E-state index contributed by atoms with van der Waals surface area (Å²) in [5.74, 6) is 1.75. The van der Waals surface area contributed by atoms with E-state index in [1.54, 1.807) is 10.6 Å². The zero-order valence-corrected chi connectivity index (χ0v) is 25.5. The molecule has 2 aliphatic heterocycles. The smallest absolute Gasteiger partial charge is 0.254 e. The summed E-state index contributed by atoms with van der Waals surface area (Å²) in [5.41, 5.74) is 5.68. The van der Waals surface area contributed by atoms with Crippen LogP contribution in [0.1, 0.15) is 68.7 Å². The fraction of sp³-hybridized carbons (Fsp3) is 0.324. The minimum absolute atomic E-state index is 0.0342. The van der Waals surface area contributed by atoms with Crippen molar-refractivity contribution >= 4 is 28.4 Å². The van der Waals surface area contributed by atoms with Gasteiger partial charge in [-0.15, -0.1) is 0 Å². The Balaban J connectivity index is 1.20. The van der Waals surface area contributed by atoms with Crippen molar-refractivity contribution in [1.29, 1.82) is 0 Å². The summed E-state index contributed by atoms with van der Waals surface area (Å²) >= 11 is 0. The molecule has 3 atom stereocenters. The summed E-state index contributed by atoms with van der Waals surface area (Å²) in [5, 5.41) is 26.1. The molecule has 0 bridgehead atoms. The lowest BCUT2D eigenvalue weighted by Crippen LogP contribution is -2.63. The van der Waals surface area contributed by atoms with Crippen LogP contribution in [0.4, 0.5) is 5.82 Å². The van der Waals surface area contributed by atoms with Gasteiger partial charge in [0.15, 0.2) is 5.82 Å². The van der Waals surface area contributed by atoms with E-state index in [1.165, 1.54) is 0 Å². The molecule has 5 aliphatic rings. The molecule has 228 valence electrons. The Kier molecular flexibility index (Phi) is 6.38. The topological polar surface area (TPSA) is 103 Å². The second kappa shape index (κ2) is 10.3.